The normalized spacial score (nSPS) is 18.7. The van der Waals surface area contributed by atoms with Gasteiger partial charge in [-0.05, 0) is 59.1 Å². The van der Waals surface area contributed by atoms with Gasteiger partial charge in [-0.3, -0.25) is 4.57 Å². The van der Waals surface area contributed by atoms with Gasteiger partial charge in [-0.15, -0.1) is 0 Å². The molecule has 2 N–H and O–H groups in total. The van der Waals surface area contributed by atoms with E-state index in [-0.39, 0.29) is 23.9 Å². The molecular weight excluding hydrogens is 623 g/mol. The second-order valence-corrected chi connectivity index (χ2v) is 18.5. The summed E-state index contributed by atoms with van der Waals surface area (Å²) in [7, 11) is 1.13. The summed E-state index contributed by atoms with van der Waals surface area (Å²) >= 11 is 0. The third kappa shape index (κ3) is 6.30. The van der Waals surface area contributed by atoms with Crippen LogP contribution in [0.3, 0.4) is 0 Å². The molecule has 3 atom stereocenters. The van der Waals surface area contributed by atoms with Crippen molar-refractivity contribution >= 4 is 25.3 Å². The lowest BCUT2D eigenvalue weighted by Gasteiger charge is -2.39. The Labute approximate surface area is 283 Å². The summed E-state index contributed by atoms with van der Waals surface area (Å²) in [4.78, 5) is 13.2. The molecule has 11 heteroatoms. The predicted molar refractivity (Wildman–Crippen MR) is 189 cm³/mol. The fourth-order valence-corrected chi connectivity index (χ4v) is 7.40. The first-order valence-corrected chi connectivity index (χ1v) is 19.1. The van der Waals surface area contributed by atoms with Crippen LogP contribution >= 0.6 is 0 Å². The Morgan fingerprint density at radius 2 is 1.42 bits per heavy atom. The summed E-state index contributed by atoms with van der Waals surface area (Å²) < 4.78 is 34.1. The molecule has 48 heavy (non-hydrogen) atoms. The van der Waals surface area contributed by atoms with Crippen LogP contribution in [0, 0.1) is 0 Å². The molecular formula is C37H45N5O5Si. The number of ether oxygens (including phenoxy) is 4. The molecule has 0 spiro atoms. The van der Waals surface area contributed by atoms with Gasteiger partial charge in [0.15, 0.2) is 26.0 Å². The molecule has 1 saturated heterocycles. The van der Waals surface area contributed by atoms with E-state index in [1.165, 1.54) is 6.33 Å². The topological polar surface area (TPSA) is 116 Å². The van der Waals surface area contributed by atoms with Gasteiger partial charge in [0, 0.05) is 6.42 Å². The van der Waals surface area contributed by atoms with Crippen molar-refractivity contribution in [3.05, 3.63) is 108 Å². The summed E-state index contributed by atoms with van der Waals surface area (Å²) in [6.07, 6.45) is 2.73. The van der Waals surface area contributed by atoms with Gasteiger partial charge in [0.25, 0.3) is 0 Å². The lowest BCUT2D eigenvalue weighted by Crippen LogP contribution is -2.45. The number of nitrogen functional groups attached to an aromatic ring is 1. The zero-order valence-corrected chi connectivity index (χ0v) is 29.7. The van der Waals surface area contributed by atoms with Gasteiger partial charge >= 0.3 is 0 Å². The van der Waals surface area contributed by atoms with Crippen molar-refractivity contribution in [1.29, 1.82) is 0 Å². The van der Waals surface area contributed by atoms with Gasteiger partial charge < -0.3 is 29.1 Å². The molecule has 252 valence electrons. The predicted octanol–water partition coefficient (Wildman–Crippen LogP) is 7.11. The Hall–Kier alpha value is -4.29. The summed E-state index contributed by atoms with van der Waals surface area (Å²) in [6.45, 7) is 11.5. The first-order valence-electron chi connectivity index (χ1n) is 16.2. The van der Waals surface area contributed by atoms with E-state index in [4.69, 9.17) is 29.1 Å². The fraction of sp³-hybridized carbons (Fsp3) is 0.378. The molecule has 0 saturated carbocycles. The van der Waals surface area contributed by atoms with E-state index in [1.54, 1.807) is 20.5 Å². The SMILES string of the molecule is COc1ccc(C(OC[C@@H]2C[C@@H](O[Si](C)(C)C(C)(C)C)[C@H](n3cnc4c(N)ncnc43)O2)(c2ccccc2)c2ccc(OC)cc2)cc1. The third-order valence-corrected chi connectivity index (χ3v) is 14.2. The summed E-state index contributed by atoms with van der Waals surface area (Å²) in [5, 5.41) is 0.000929. The van der Waals surface area contributed by atoms with Crippen molar-refractivity contribution in [2.75, 3.05) is 26.6 Å². The second-order valence-electron chi connectivity index (χ2n) is 13.7. The smallest absolute Gasteiger partial charge is 0.192 e. The van der Waals surface area contributed by atoms with E-state index in [1.807, 2.05) is 47.0 Å². The van der Waals surface area contributed by atoms with E-state index in [0.717, 1.165) is 28.2 Å². The number of rotatable bonds is 11. The molecule has 3 aromatic carbocycles. The Morgan fingerprint density at radius 1 is 0.833 bits per heavy atom. The van der Waals surface area contributed by atoms with Crippen LogP contribution in [0.5, 0.6) is 11.5 Å². The molecule has 1 aliphatic heterocycles. The number of aromatic nitrogens is 4. The molecule has 0 bridgehead atoms. The van der Waals surface area contributed by atoms with Crippen LogP contribution in [0.1, 0.15) is 50.1 Å². The minimum absolute atomic E-state index is 0.000929. The second kappa shape index (κ2) is 13.3. The van der Waals surface area contributed by atoms with Gasteiger partial charge in [0.05, 0.1) is 39.4 Å². The number of fused-ring (bicyclic) bond motifs is 1. The average Bonchev–Trinajstić information content (AvgIpc) is 3.69. The van der Waals surface area contributed by atoms with Crippen LogP contribution in [0.25, 0.3) is 11.2 Å². The maximum Gasteiger partial charge on any atom is 0.192 e. The van der Waals surface area contributed by atoms with Gasteiger partial charge in [0.2, 0.25) is 0 Å². The number of imidazole rings is 1. The Morgan fingerprint density at radius 3 is 1.98 bits per heavy atom. The van der Waals surface area contributed by atoms with Gasteiger partial charge in [0.1, 0.15) is 28.9 Å². The number of hydrogen-bond acceptors (Lipinski definition) is 9. The molecule has 10 nitrogen and oxygen atoms in total. The first-order chi connectivity index (χ1) is 23.0. The summed E-state index contributed by atoms with van der Waals surface area (Å²) in [5.74, 6) is 1.85. The van der Waals surface area contributed by atoms with Crippen molar-refractivity contribution in [1.82, 2.24) is 19.5 Å². The zero-order chi connectivity index (χ0) is 34.1. The fourth-order valence-electron chi connectivity index (χ4n) is 6.08. The van der Waals surface area contributed by atoms with E-state index >= 15 is 0 Å². The highest BCUT2D eigenvalue weighted by Gasteiger charge is 2.47. The Bertz CT molecular complexity index is 1780. The molecule has 0 amide bonds. The number of anilines is 1. The maximum atomic E-state index is 7.22. The highest BCUT2D eigenvalue weighted by atomic mass is 28.4. The van der Waals surface area contributed by atoms with Gasteiger partial charge in [-0.2, -0.15) is 0 Å². The van der Waals surface area contributed by atoms with Crippen molar-refractivity contribution in [3.8, 4) is 11.5 Å². The number of benzene rings is 3. The molecule has 0 unspecified atom stereocenters. The molecule has 1 aliphatic rings. The van der Waals surface area contributed by atoms with Crippen LogP contribution in [-0.2, 0) is 19.5 Å². The first kappa shape index (κ1) is 33.6. The standard InChI is InChI=1S/C37H45N5O5Si/c1-36(2,3)48(6,7)47-31-21-30(46-35(31)42-24-41-32-33(38)39-23-40-34(32)42)22-45-37(25-11-9-8-10-12-25,26-13-17-28(43-4)18-14-26)27-15-19-29(44-5)20-16-27/h8-20,23-24,30-31,35H,21-22H2,1-7H3,(H2,38,39,40)/t30-,31+,35+/m0/s1. The number of hydrogen-bond donors (Lipinski definition) is 1. The van der Waals surface area contributed by atoms with Gasteiger partial charge in [-0.25, -0.2) is 15.0 Å². The third-order valence-electron chi connectivity index (χ3n) is 9.72. The highest BCUT2D eigenvalue weighted by Crippen LogP contribution is 2.45. The van der Waals surface area contributed by atoms with Crippen LogP contribution in [0.15, 0.2) is 91.5 Å². The Kier molecular flexibility index (Phi) is 9.32. The number of methoxy groups -OCH3 is 2. The van der Waals surface area contributed by atoms with Crippen molar-refractivity contribution in [3.63, 3.8) is 0 Å². The van der Waals surface area contributed by atoms with E-state index in [9.17, 15) is 0 Å². The molecule has 1 fully saturated rings. The lowest BCUT2D eigenvalue weighted by molar-refractivity contribution is -0.0841. The number of nitrogens with two attached hydrogens (primary N) is 1. The maximum absolute atomic E-state index is 7.22. The molecule has 0 radical (unpaired) electrons. The molecule has 0 aliphatic carbocycles. The Balaban J connectivity index is 1.40. The largest absolute Gasteiger partial charge is 0.497 e. The molecule has 6 rings (SSSR count). The minimum atomic E-state index is -2.20. The summed E-state index contributed by atoms with van der Waals surface area (Å²) in [5.41, 5.74) is 9.22. The zero-order valence-electron chi connectivity index (χ0n) is 28.7. The van der Waals surface area contributed by atoms with Crippen LogP contribution in [0.4, 0.5) is 5.82 Å². The number of nitrogens with zero attached hydrogens (tertiary/aromatic N) is 4. The molecule has 5 aromatic rings. The highest BCUT2D eigenvalue weighted by molar-refractivity contribution is 6.74. The van der Waals surface area contributed by atoms with Crippen molar-refractivity contribution in [2.24, 2.45) is 0 Å². The van der Waals surface area contributed by atoms with Crippen LogP contribution in [-0.4, -0.2) is 60.9 Å². The average molecular weight is 668 g/mol. The van der Waals surface area contributed by atoms with Crippen LogP contribution < -0.4 is 15.2 Å². The minimum Gasteiger partial charge on any atom is -0.497 e. The van der Waals surface area contributed by atoms with Crippen molar-refractivity contribution in [2.45, 2.75) is 69.4 Å². The van der Waals surface area contributed by atoms with Crippen molar-refractivity contribution < 1.29 is 23.4 Å². The molecule has 2 aromatic heterocycles. The van der Waals surface area contributed by atoms with E-state index in [2.05, 4.69) is 85.2 Å². The van der Waals surface area contributed by atoms with E-state index in [0.29, 0.717) is 23.4 Å². The van der Waals surface area contributed by atoms with E-state index < -0.39 is 20.1 Å². The quantitative estimate of drug-likeness (QED) is 0.116. The molecule has 3 heterocycles. The summed E-state index contributed by atoms with van der Waals surface area (Å²) in [6, 6.07) is 26.3. The van der Waals surface area contributed by atoms with Gasteiger partial charge in [-0.1, -0.05) is 75.4 Å². The lowest BCUT2D eigenvalue weighted by atomic mass is 9.80. The van der Waals surface area contributed by atoms with Crippen LogP contribution in [0.2, 0.25) is 18.1 Å². The monoisotopic (exact) mass is 667 g/mol.